The lowest BCUT2D eigenvalue weighted by atomic mass is 10.1. The standard InChI is InChI=1S/C13H10ClNO4/c1-15(12(16)9-6-7-19-11(9)14)10-5-3-2-4-8(10)13(17)18/h2-7H,1H3,(H,17,18). The molecule has 0 aliphatic carbocycles. The van der Waals surface area contributed by atoms with E-state index >= 15 is 0 Å². The summed E-state index contributed by atoms with van der Waals surface area (Å²) in [6, 6.07) is 7.66. The molecule has 0 fully saturated rings. The van der Waals surface area contributed by atoms with E-state index in [-0.39, 0.29) is 22.0 Å². The van der Waals surface area contributed by atoms with E-state index in [1.807, 2.05) is 0 Å². The van der Waals surface area contributed by atoms with Crippen LogP contribution in [0.15, 0.2) is 41.0 Å². The highest BCUT2D eigenvalue weighted by molar-refractivity contribution is 6.33. The number of carbonyl (C=O) groups excluding carboxylic acids is 1. The van der Waals surface area contributed by atoms with E-state index < -0.39 is 11.9 Å². The molecule has 0 saturated heterocycles. The fraction of sp³-hybridized carbons (Fsp3) is 0.0769. The highest BCUT2D eigenvalue weighted by Gasteiger charge is 2.22. The number of anilines is 1. The lowest BCUT2D eigenvalue weighted by Crippen LogP contribution is -2.27. The number of hydrogen-bond donors (Lipinski definition) is 1. The van der Waals surface area contributed by atoms with Crippen molar-refractivity contribution in [3.63, 3.8) is 0 Å². The number of halogens is 1. The molecule has 0 aliphatic heterocycles. The molecular formula is C13H10ClNO4. The van der Waals surface area contributed by atoms with Gasteiger partial charge in [-0.15, -0.1) is 0 Å². The Bertz CT molecular complexity index is 635. The molecule has 0 radical (unpaired) electrons. The van der Waals surface area contributed by atoms with Crippen molar-refractivity contribution in [1.82, 2.24) is 0 Å². The van der Waals surface area contributed by atoms with Gasteiger partial charge < -0.3 is 14.4 Å². The average Bonchev–Trinajstić information content (AvgIpc) is 2.83. The Morgan fingerprint density at radius 3 is 2.47 bits per heavy atom. The van der Waals surface area contributed by atoms with Crippen molar-refractivity contribution in [3.8, 4) is 0 Å². The fourth-order valence-electron chi connectivity index (χ4n) is 1.68. The molecule has 19 heavy (non-hydrogen) atoms. The van der Waals surface area contributed by atoms with E-state index in [9.17, 15) is 9.59 Å². The minimum Gasteiger partial charge on any atom is -0.478 e. The SMILES string of the molecule is CN(C(=O)c1ccoc1Cl)c1ccccc1C(=O)O. The van der Waals surface area contributed by atoms with Crippen molar-refractivity contribution < 1.29 is 19.1 Å². The van der Waals surface area contributed by atoms with Gasteiger partial charge in [-0.3, -0.25) is 4.79 Å². The number of hydrogen-bond acceptors (Lipinski definition) is 3. The van der Waals surface area contributed by atoms with Crippen molar-refractivity contribution in [2.24, 2.45) is 0 Å². The van der Waals surface area contributed by atoms with Gasteiger partial charge in [0.05, 0.1) is 23.1 Å². The van der Waals surface area contributed by atoms with Crippen LogP contribution in [0.3, 0.4) is 0 Å². The van der Waals surface area contributed by atoms with Gasteiger partial charge in [0.25, 0.3) is 5.91 Å². The maximum Gasteiger partial charge on any atom is 0.337 e. The number of benzene rings is 1. The summed E-state index contributed by atoms with van der Waals surface area (Å²) >= 11 is 5.74. The molecule has 1 N–H and O–H groups in total. The summed E-state index contributed by atoms with van der Waals surface area (Å²) in [5.41, 5.74) is 0.514. The Balaban J connectivity index is 2.40. The molecule has 0 unspecified atom stereocenters. The zero-order valence-corrected chi connectivity index (χ0v) is 10.7. The van der Waals surface area contributed by atoms with Crippen molar-refractivity contribution in [2.45, 2.75) is 0 Å². The Morgan fingerprint density at radius 1 is 1.21 bits per heavy atom. The molecule has 1 amide bonds. The van der Waals surface area contributed by atoms with Gasteiger partial charge in [0.2, 0.25) is 5.22 Å². The summed E-state index contributed by atoms with van der Waals surface area (Å²) in [4.78, 5) is 24.5. The predicted octanol–water partition coefficient (Wildman–Crippen LogP) is 2.91. The summed E-state index contributed by atoms with van der Waals surface area (Å²) in [5, 5.41) is 9.08. The van der Waals surface area contributed by atoms with E-state index in [4.69, 9.17) is 21.1 Å². The van der Waals surface area contributed by atoms with Crippen molar-refractivity contribution >= 4 is 29.2 Å². The van der Waals surface area contributed by atoms with Gasteiger partial charge in [-0.1, -0.05) is 12.1 Å². The van der Waals surface area contributed by atoms with E-state index in [2.05, 4.69) is 0 Å². The number of aromatic carboxylic acids is 1. The van der Waals surface area contributed by atoms with E-state index in [1.165, 1.54) is 30.3 Å². The molecule has 1 aromatic carbocycles. The Kier molecular flexibility index (Phi) is 3.57. The molecule has 5 nitrogen and oxygen atoms in total. The first-order chi connectivity index (χ1) is 9.02. The van der Waals surface area contributed by atoms with Gasteiger partial charge in [-0.2, -0.15) is 0 Å². The smallest absolute Gasteiger partial charge is 0.337 e. The summed E-state index contributed by atoms with van der Waals surface area (Å²) < 4.78 is 4.85. The van der Waals surface area contributed by atoms with Crippen molar-refractivity contribution in [3.05, 3.63) is 52.9 Å². The van der Waals surface area contributed by atoms with Crippen LogP contribution in [0, 0.1) is 0 Å². The lowest BCUT2D eigenvalue weighted by Gasteiger charge is -2.18. The second kappa shape index (κ2) is 5.16. The first-order valence-corrected chi connectivity index (χ1v) is 5.73. The van der Waals surface area contributed by atoms with Gasteiger partial charge in [0, 0.05) is 7.05 Å². The molecular weight excluding hydrogens is 270 g/mol. The third-order valence-corrected chi connectivity index (χ3v) is 2.94. The van der Waals surface area contributed by atoms with Crippen LogP contribution >= 0.6 is 11.6 Å². The Labute approximate surface area is 114 Å². The van der Waals surface area contributed by atoms with Gasteiger partial charge in [-0.25, -0.2) is 4.79 Å². The number of furan rings is 1. The van der Waals surface area contributed by atoms with Crippen LogP contribution in [0.2, 0.25) is 5.22 Å². The molecule has 6 heteroatoms. The fourth-order valence-corrected chi connectivity index (χ4v) is 1.88. The first kappa shape index (κ1) is 13.2. The summed E-state index contributed by atoms with van der Waals surface area (Å²) in [5.74, 6) is -1.54. The minimum atomic E-state index is -1.10. The van der Waals surface area contributed by atoms with E-state index in [1.54, 1.807) is 18.2 Å². The predicted molar refractivity (Wildman–Crippen MR) is 69.9 cm³/mol. The molecule has 0 aliphatic rings. The van der Waals surface area contributed by atoms with Crippen LogP contribution in [0.25, 0.3) is 0 Å². The third kappa shape index (κ3) is 2.46. The van der Waals surface area contributed by atoms with Crippen molar-refractivity contribution in [2.75, 3.05) is 11.9 Å². The third-order valence-electron chi connectivity index (χ3n) is 2.65. The van der Waals surface area contributed by atoms with Crippen LogP contribution in [-0.2, 0) is 0 Å². The highest BCUT2D eigenvalue weighted by atomic mass is 35.5. The number of carboxylic acid groups (broad SMARTS) is 1. The molecule has 98 valence electrons. The molecule has 1 heterocycles. The molecule has 0 atom stereocenters. The van der Waals surface area contributed by atoms with Crippen LogP contribution in [0.1, 0.15) is 20.7 Å². The van der Waals surface area contributed by atoms with Crippen LogP contribution in [0.5, 0.6) is 0 Å². The average molecular weight is 280 g/mol. The number of carboxylic acids is 1. The number of para-hydroxylation sites is 1. The highest BCUT2D eigenvalue weighted by Crippen LogP contribution is 2.24. The lowest BCUT2D eigenvalue weighted by molar-refractivity contribution is 0.0697. The Morgan fingerprint density at radius 2 is 1.89 bits per heavy atom. The number of nitrogens with zero attached hydrogens (tertiary/aromatic N) is 1. The second-order valence-electron chi connectivity index (χ2n) is 3.79. The zero-order chi connectivity index (χ0) is 14.0. The molecule has 2 rings (SSSR count). The molecule has 0 spiro atoms. The van der Waals surface area contributed by atoms with Gasteiger partial charge in [0.1, 0.15) is 0 Å². The molecule has 0 bridgehead atoms. The zero-order valence-electron chi connectivity index (χ0n) is 9.96. The van der Waals surface area contributed by atoms with Crippen LogP contribution in [-0.4, -0.2) is 24.0 Å². The number of rotatable bonds is 3. The number of amides is 1. The second-order valence-corrected chi connectivity index (χ2v) is 4.14. The molecule has 0 saturated carbocycles. The maximum atomic E-state index is 12.2. The molecule has 1 aromatic heterocycles. The van der Waals surface area contributed by atoms with Gasteiger partial charge in [0.15, 0.2) is 0 Å². The number of carbonyl (C=O) groups is 2. The largest absolute Gasteiger partial charge is 0.478 e. The quantitative estimate of drug-likeness (QED) is 0.938. The first-order valence-electron chi connectivity index (χ1n) is 5.35. The van der Waals surface area contributed by atoms with E-state index in [0.717, 1.165) is 0 Å². The monoisotopic (exact) mass is 279 g/mol. The summed E-state index contributed by atoms with van der Waals surface area (Å²) in [7, 11) is 1.48. The molecule has 2 aromatic rings. The van der Waals surface area contributed by atoms with Crippen molar-refractivity contribution in [1.29, 1.82) is 0 Å². The van der Waals surface area contributed by atoms with Gasteiger partial charge >= 0.3 is 5.97 Å². The normalized spacial score (nSPS) is 10.2. The van der Waals surface area contributed by atoms with Crippen LogP contribution < -0.4 is 4.90 Å². The summed E-state index contributed by atoms with van der Waals surface area (Å²) in [6.07, 6.45) is 1.30. The van der Waals surface area contributed by atoms with Crippen LogP contribution in [0.4, 0.5) is 5.69 Å². The topological polar surface area (TPSA) is 70.8 Å². The maximum absolute atomic E-state index is 12.2. The Hall–Kier alpha value is -2.27. The summed E-state index contributed by atoms with van der Waals surface area (Å²) in [6.45, 7) is 0. The van der Waals surface area contributed by atoms with Gasteiger partial charge in [-0.05, 0) is 29.8 Å². The van der Waals surface area contributed by atoms with E-state index in [0.29, 0.717) is 0 Å². The minimum absolute atomic E-state index is 0.0235.